The lowest BCUT2D eigenvalue weighted by molar-refractivity contribution is -0.385. The smallest absolute Gasteiger partial charge is 0.274 e. The Morgan fingerprint density at radius 2 is 2.00 bits per heavy atom. The van der Waals surface area contributed by atoms with Crippen molar-refractivity contribution < 1.29 is 14.8 Å². The Hall–Kier alpha value is -2.76. The molecular formula is C15H16N2O4. The summed E-state index contributed by atoms with van der Waals surface area (Å²) in [6.45, 7) is 1.82. The molecule has 6 nitrogen and oxygen atoms in total. The second kappa shape index (κ2) is 6.13. The molecule has 0 fully saturated rings. The van der Waals surface area contributed by atoms with Gasteiger partial charge in [0.05, 0.1) is 23.6 Å². The number of ether oxygens (including phenoxy) is 1. The highest BCUT2D eigenvalue weighted by Gasteiger charge is 2.18. The van der Waals surface area contributed by atoms with Gasteiger partial charge in [0.2, 0.25) is 0 Å². The van der Waals surface area contributed by atoms with Crippen LogP contribution < -0.4 is 10.1 Å². The molecule has 21 heavy (non-hydrogen) atoms. The molecule has 0 heterocycles. The van der Waals surface area contributed by atoms with Crippen LogP contribution in [0.2, 0.25) is 0 Å². The lowest BCUT2D eigenvalue weighted by Crippen LogP contribution is -2.09. The third-order valence-corrected chi connectivity index (χ3v) is 3.16. The second-order valence-electron chi connectivity index (χ2n) is 4.57. The molecule has 0 spiro atoms. The number of para-hydroxylation sites is 1. The Bertz CT molecular complexity index is 658. The summed E-state index contributed by atoms with van der Waals surface area (Å²) in [4.78, 5) is 10.6. The maximum Gasteiger partial charge on any atom is 0.274 e. The van der Waals surface area contributed by atoms with Crippen molar-refractivity contribution >= 4 is 11.4 Å². The van der Waals surface area contributed by atoms with E-state index in [1.165, 1.54) is 19.2 Å². The first-order valence-electron chi connectivity index (χ1n) is 6.39. The van der Waals surface area contributed by atoms with Gasteiger partial charge in [0.1, 0.15) is 0 Å². The van der Waals surface area contributed by atoms with Crippen molar-refractivity contribution in [1.29, 1.82) is 0 Å². The maximum atomic E-state index is 11.0. The average Bonchev–Trinajstić information content (AvgIpc) is 2.47. The molecule has 1 unspecified atom stereocenters. The number of methoxy groups -OCH3 is 1. The first-order valence-corrected chi connectivity index (χ1v) is 6.39. The number of nitrogens with one attached hydrogen (secondary N) is 1. The van der Waals surface area contributed by atoms with Crippen molar-refractivity contribution in [3.8, 4) is 11.5 Å². The largest absolute Gasteiger partial charge is 0.504 e. The van der Waals surface area contributed by atoms with E-state index in [9.17, 15) is 15.2 Å². The highest BCUT2D eigenvalue weighted by atomic mass is 16.6. The molecule has 2 N–H and O–H groups in total. The van der Waals surface area contributed by atoms with Gasteiger partial charge in [0.25, 0.3) is 5.69 Å². The molecule has 2 aromatic carbocycles. The molecule has 0 aliphatic carbocycles. The van der Waals surface area contributed by atoms with E-state index in [2.05, 4.69) is 5.32 Å². The van der Waals surface area contributed by atoms with E-state index in [1.54, 1.807) is 30.3 Å². The number of nitrogens with zero attached hydrogens (tertiary/aromatic N) is 1. The van der Waals surface area contributed by atoms with E-state index < -0.39 is 4.92 Å². The first kappa shape index (κ1) is 14.6. The minimum atomic E-state index is -0.404. The number of benzene rings is 2. The van der Waals surface area contributed by atoms with E-state index in [0.29, 0.717) is 17.0 Å². The van der Waals surface area contributed by atoms with Gasteiger partial charge >= 0.3 is 0 Å². The molecule has 0 amide bonds. The highest BCUT2D eigenvalue weighted by molar-refractivity contribution is 5.56. The van der Waals surface area contributed by atoms with Crippen molar-refractivity contribution in [2.45, 2.75) is 13.0 Å². The number of phenols is 1. The number of rotatable bonds is 5. The zero-order chi connectivity index (χ0) is 15.4. The van der Waals surface area contributed by atoms with Crippen LogP contribution in [0.15, 0.2) is 42.5 Å². The Morgan fingerprint density at radius 3 is 2.62 bits per heavy atom. The van der Waals surface area contributed by atoms with Gasteiger partial charge in [-0.2, -0.15) is 0 Å². The van der Waals surface area contributed by atoms with Gasteiger partial charge in [-0.25, -0.2) is 0 Å². The standard InChI is InChI=1S/C15H16N2O4/c1-10(12-5-3-4-6-13(12)17(19)20)16-11-7-8-15(21-2)14(18)9-11/h3-10,16,18H,1-2H3. The van der Waals surface area contributed by atoms with Crippen LogP contribution in [0.25, 0.3) is 0 Å². The minimum absolute atomic E-state index is 0.0114. The number of hydrogen-bond acceptors (Lipinski definition) is 5. The molecule has 0 bridgehead atoms. The van der Waals surface area contributed by atoms with Gasteiger partial charge in [-0.1, -0.05) is 18.2 Å². The molecule has 1 atom stereocenters. The molecule has 2 rings (SSSR count). The molecule has 110 valence electrons. The number of anilines is 1. The van der Waals surface area contributed by atoms with Gasteiger partial charge in [-0.15, -0.1) is 0 Å². The predicted octanol–water partition coefficient (Wildman–Crippen LogP) is 3.48. The summed E-state index contributed by atoms with van der Waals surface area (Å²) in [5, 5.41) is 23.9. The molecule has 0 aromatic heterocycles. The summed E-state index contributed by atoms with van der Waals surface area (Å²) in [5.41, 5.74) is 1.30. The molecule has 0 saturated carbocycles. The average molecular weight is 288 g/mol. The Labute approximate surface area is 122 Å². The lowest BCUT2D eigenvalue weighted by atomic mass is 10.1. The summed E-state index contributed by atoms with van der Waals surface area (Å²) < 4.78 is 4.97. The van der Waals surface area contributed by atoms with Crippen molar-refractivity contribution in [2.24, 2.45) is 0 Å². The van der Waals surface area contributed by atoms with E-state index >= 15 is 0 Å². The van der Waals surface area contributed by atoms with Gasteiger partial charge in [0.15, 0.2) is 11.5 Å². The van der Waals surface area contributed by atoms with Gasteiger partial charge in [-0.3, -0.25) is 10.1 Å². The normalized spacial score (nSPS) is 11.7. The monoisotopic (exact) mass is 288 g/mol. The molecule has 6 heteroatoms. The number of nitro benzene ring substituents is 1. The van der Waals surface area contributed by atoms with Crippen LogP contribution in [-0.2, 0) is 0 Å². The number of nitro groups is 1. The molecular weight excluding hydrogens is 272 g/mol. The number of aromatic hydroxyl groups is 1. The van der Waals surface area contributed by atoms with Gasteiger partial charge < -0.3 is 15.2 Å². The summed E-state index contributed by atoms with van der Waals surface area (Å²) in [6, 6.07) is 11.2. The minimum Gasteiger partial charge on any atom is -0.504 e. The van der Waals surface area contributed by atoms with Gasteiger partial charge in [-0.05, 0) is 19.1 Å². The van der Waals surface area contributed by atoms with Crippen LogP contribution in [0.5, 0.6) is 11.5 Å². The van der Waals surface area contributed by atoms with Crippen molar-refractivity contribution in [1.82, 2.24) is 0 Å². The third-order valence-electron chi connectivity index (χ3n) is 3.16. The summed E-state index contributed by atoms with van der Waals surface area (Å²) in [5.74, 6) is 0.385. The fraction of sp³-hybridized carbons (Fsp3) is 0.200. The van der Waals surface area contributed by atoms with Crippen LogP contribution in [0.4, 0.5) is 11.4 Å². The van der Waals surface area contributed by atoms with Crippen molar-refractivity contribution in [2.75, 3.05) is 12.4 Å². The maximum absolute atomic E-state index is 11.0. The second-order valence-corrected chi connectivity index (χ2v) is 4.57. The molecule has 0 aliphatic rings. The van der Waals surface area contributed by atoms with Crippen LogP contribution in [0.3, 0.4) is 0 Å². The Balaban J connectivity index is 2.24. The quantitative estimate of drug-likeness (QED) is 0.650. The van der Waals surface area contributed by atoms with Crippen LogP contribution in [-0.4, -0.2) is 17.1 Å². The lowest BCUT2D eigenvalue weighted by Gasteiger charge is -2.16. The van der Waals surface area contributed by atoms with E-state index in [4.69, 9.17) is 4.74 Å². The molecule has 0 radical (unpaired) electrons. The number of phenolic OH excluding ortho intramolecular Hbond substituents is 1. The Kier molecular flexibility index (Phi) is 4.27. The third kappa shape index (κ3) is 3.22. The molecule has 0 saturated heterocycles. The summed E-state index contributed by atoms with van der Waals surface area (Å²) >= 11 is 0. The van der Waals surface area contributed by atoms with Crippen molar-refractivity contribution in [3.63, 3.8) is 0 Å². The summed E-state index contributed by atoms with van der Waals surface area (Å²) in [7, 11) is 1.47. The predicted molar refractivity (Wildman–Crippen MR) is 79.8 cm³/mol. The van der Waals surface area contributed by atoms with E-state index in [0.717, 1.165) is 0 Å². The van der Waals surface area contributed by atoms with Crippen molar-refractivity contribution in [3.05, 3.63) is 58.1 Å². The SMILES string of the molecule is COc1ccc(NC(C)c2ccccc2[N+](=O)[O-])cc1O. The zero-order valence-electron chi connectivity index (χ0n) is 11.7. The highest BCUT2D eigenvalue weighted by Crippen LogP contribution is 2.32. The van der Waals surface area contributed by atoms with Crippen LogP contribution in [0, 0.1) is 10.1 Å². The van der Waals surface area contributed by atoms with Gasteiger partial charge in [0, 0.05) is 17.8 Å². The van der Waals surface area contributed by atoms with Crippen LogP contribution >= 0.6 is 0 Å². The fourth-order valence-electron chi connectivity index (χ4n) is 2.13. The first-order chi connectivity index (χ1) is 10.0. The summed E-state index contributed by atoms with van der Waals surface area (Å²) in [6.07, 6.45) is 0. The molecule has 0 aliphatic heterocycles. The van der Waals surface area contributed by atoms with E-state index in [-0.39, 0.29) is 17.5 Å². The number of hydrogen-bond donors (Lipinski definition) is 2. The van der Waals surface area contributed by atoms with Crippen LogP contribution in [0.1, 0.15) is 18.5 Å². The fourth-order valence-corrected chi connectivity index (χ4v) is 2.13. The van der Waals surface area contributed by atoms with E-state index in [1.807, 2.05) is 6.92 Å². The topological polar surface area (TPSA) is 84.6 Å². The zero-order valence-corrected chi connectivity index (χ0v) is 11.7. The molecule has 2 aromatic rings. The Morgan fingerprint density at radius 1 is 1.29 bits per heavy atom.